The molecular weight excluding hydrogens is 236 g/mol. The van der Waals surface area contributed by atoms with Gasteiger partial charge in [0.25, 0.3) is 0 Å². The van der Waals surface area contributed by atoms with Crippen LogP contribution >= 0.6 is 0 Å². The van der Waals surface area contributed by atoms with Crippen LogP contribution in [-0.2, 0) is 6.54 Å². The minimum absolute atomic E-state index is 0.611. The van der Waals surface area contributed by atoms with E-state index in [-0.39, 0.29) is 0 Å². The van der Waals surface area contributed by atoms with E-state index in [0.29, 0.717) is 11.8 Å². The minimum Gasteiger partial charge on any atom is -0.340 e. The fourth-order valence-electron chi connectivity index (χ4n) is 2.12. The fourth-order valence-corrected chi connectivity index (χ4v) is 2.12. The van der Waals surface area contributed by atoms with Gasteiger partial charge in [-0.25, -0.2) is 9.97 Å². The van der Waals surface area contributed by atoms with Crippen LogP contribution in [0.1, 0.15) is 39.0 Å². The molecule has 0 bridgehead atoms. The van der Waals surface area contributed by atoms with Gasteiger partial charge >= 0.3 is 0 Å². The number of anilines is 1. The molecular formula is C15H28N4. The van der Waals surface area contributed by atoms with Crippen LogP contribution < -0.4 is 10.2 Å². The summed E-state index contributed by atoms with van der Waals surface area (Å²) in [6.07, 6.45) is 1.95. The average molecular weight is 264 g/mol. The number of aryl methyl sites for hydroxylation is 1. The van der Waals surface area contributed by atoms with Crippen molar-refractivity contribution in [2.45, 2.75) is 41.2 Å². The van der Waals surface area contributed by atoms with E-state index in [9.17, 15) is 0 Å². The van der Waals surface area contributed by atoms with Crippen molar-refractivity contribution in [3.8, 4) is 0 Å². The van der Waals surface area contributed by atoms with Crippen LogP contribution in [-0.4, -0.2) is 30.1 Å². The van der Waals surface area contributed by atoms with Crippen LogP contribution in [0.2, 0.25) is 0 Å². The van der Waals surface area contributed by atoms with Crippen LogP contribution in [0, 0.1) is 18.8 Å². The molecule has 1 rings (SSSR count). The molecule has 19 heavy (non-hydrogen) atoms. The molecule has 0 aliphatic carbocycles. The number of nitrogens with one attached hydrogen (secondary N) is 1. The highest BCUT2D eigenvalue weighted by Crippen LogP contribution is 2.14. The summed E-state index contributed by atoms with van der Waals surface area (Å²) in [4.78, 5) is 11.5. The summed E-state index contributed by atoms with van der Waals surface area (Å²) in [6, 6.07) is 0. The zero-order valence-corrected chi connectivity index (χ0v) is 13.2. The zero-order chi connectivity index (χ0) is 14.4. The molecule has 4 nitrogen and oxygen atoms in total. The van der Waals surface area contributed by atoms with E-state index in [1.165, 1.54) is 5.56 Å². The monoisotopic (exact) mass is 264 g/mol. The van der Waals surface area contributed by atoms with E-state index in [2.05, 4.69) is 54.8 Å². The Morgan fingerprint density at radius 2 is 1.74 bits per heavy atom. The first-order chi connectivity index (χ1) is 8.93. The summed E-state index contributed by atoms with van der Waals surface area (Å²) in [7, 11) is 1.94. The maximum Gasteiger partial charge on any atom is 0.225 e. The SMILES string of the molecule is CNCc1cnc(N(CC(C)C)CC(C)C)nc1C. The summed E-state index contributed by atoms with van der Waals surface area (Å²) >= 11 is 0. The van der Waals surface area contributed by atoms with Crippen LogP contribution in [0.5, 0.6) is 0 Å². The molecule has 1 aromatic heterocycles. The van der Waals surface area contributed by atoms with Crippen LogP contribution in [0.25, 0.3) is 0 Å². The Morgan fingerprint density at radius 1 is 1.16 bits per heavy atom. The number of hydrogen-bond acceptors (Lipinski definition) is 4. The van der Waals surface area contributed by atoms with Gasteiger partial charge in [-0.1, -0.05) is 27.7 Å². The largest absolute Gasteiger partial charge is 0.340 e. The van der Waals surface area contributed by atoms with E-state index in [1.54, 1.807) is 0 Å². The molecule has 1 N–H and O–H groups in total. The van der Waals surface area contributed by atoms with Crippen molar-refractivity contribution < 1.29 is 0 Å². The van der Waals surface area contributed by atoms with E-state index in [1.807, 2.05) is 13.2 Å². The van der Waals surface area contributed by atoms with Crippen molar-refractivity contribution >= 4 is 5.95 Å². The zero-order valence-electron chi connectivity index (χ0n) is 13.2. The Kier molecular flexibility index (Phi) is 6.22. The third-order valence-electron chi connectivity index (χ3n) is 2.89. The van der Waals surface area contributed by atoms with Crippen LogP contribution in [0.15, 0.2) is 6.20 Å². The van der Waals surface area contributed by atoms with Gasteiger partial charge in [0, 0.05) is 37.1 Å². The minimum atomic E-state index is 0.611. The van der Waals surface area contributed by atoms with Crippen molar-refractivity contribution in [3.05, 3.63) is 17.5 Å². The molecule has 0 aromatic carbocycles. The Morgan fingerprint density at radius 3 is 2.16 bits per heavy atom. The Hall–Kier alpha value is -1.16. The molecule has 108 valence electrons. The van der Waals surface area contributed by atoms with Crippen molar-refractivity contribution in [1.82, 2.24) is 15.3 Å². The lowest BCUT2D eigenvalue weighted by Crippen LogP contribution is -2.33. The van der Waals surface area contributed by atoms with Gasteiger partial charge in [-0.05, 0) is 25.8 Å². The smallest absolute Gasteiger partial charge is 0.225 e. The number of nitrogens with zero attached hydrogens (tertiary/aromatic N) is 3. The van der Waals surface area contributed by atoms with E-state index in [0.717, 1.165) is 31.3 Å². The maximum atomic E-state index is 4.67. The highest BCUT2D eigenvalue weighted by atomic mass is 15.2. The molecule has 4 heteroatoms. The van der Waals surface area contributed by atoms with Gasteiger partial charge in [-0.2, -0.15) is 0 Å². The molecule has 0 saturated heterocycles. The molecule has 0 unspecified atom stereocenters. The normalized spacial score (nSPS) is 11.4. The van der Waals surface area contributed by atoms with E-state index < -0.39 is 0 Å². The predicted molar refractivity (Wildman–Crippen MR) is 81.4 cm³/mol. The summed E-state index contributed by atoms with van der Waals surface area (Å²) in [5.41, 5.74) is 2.23. The van der Waals surface area contributed by atoms with Gasteiger partial charge in [0.15, 0.2) is 0 Å². The molecule has 1 aromatic rings. The molecule has 1 heterocycles. The molecule has 0 aliphatic rings. The van der Waals surface area contributed by atoms with Crippen molar-refractivity contribution in [2.24, 2.45) is 11.8 Å². The Labute approximate surface area is 117 Å². The summed E-state index contributed by atoms with van der Waals surface area (Å²) in [6.45, 7) is 13.8. The molecule has 0 spiro atoms. The fraction of sp³-hybridized carbons (Fsp3) is 0.733. The molecule has 0 atom stereocenters. The third-order valence-corrected chi connectivity index (χ3v) is 2.89. The van der Waals surface area contributed by atoms with Gasteiger partial charge in [-0.15, -0.1) is 0 Å². The second-order valence-corrected chi connectivity index (χ2v) is 6.00. The summed E-state index contributed by atoms with van der Waals surface area (Å²) in [5, 5.41) is 3.14. The summed E-state index contributed by atoms with van der Waals surface area (Å²) < 4.78 is 0. The quantitative estimate of drug-likeness (QED) is 0.822. The number of aromatic nitrogens is 2. The molecule has 0 amide bonds. The highest BCUT2D eigenvalue weighted by molar-refractivity contribution is 5.33. The first-order valence-corrected chi connectivity index (χ1v) is 7.16. The lowest BCUT2D eigenvalue weighted by atomic mass is 10.1. The molecule has 0 fully saturated rings. The first-order valence-electron chi connectivity index (χ1n) is 7.16. The maximum absolute atomic E-state index is 4.67. The lowest BCUT2D eigenvalue weighted by molar-refractivity contribution is 0.543. The number of hydrogen-bond donors (Lipinski definition) is 1. The second kappa shape index (κ2) is 7.43. The van der Waals surface area contributed by atoms with Gasteiger partial charge in [0.05, 0.1) is 0 Å². The van der Waals surface area contributed by atoms with Gasteiger partial charge in [-0.3, -0.25) is 0 Å². The van der Waals surface area contributed by atoms with E-state index >= 15 is 0 Å². The topological polar surface area (TPSA) is 41.1 Å². The van der Waals surface area contributed by atoms with Crippen molar-refractivity contribution in [2.75, 3.05) is 25.0 Å². The van der Waals surface area contributed by atoms with Crippen molar-refractivity contribution in [1.29, 1.82) is 0 Å². The van der Waals surface area contributed by atoms with Crippen molar-refractivity contribution in [3.63, 3.8) is 0 Å². The lowest BCUT2D eigenvalue weighted by Gasteiger charge is -2.26. The average Bonchev–Trinajstić information content (AvgIpc) is 2.30. The number of rotatable bonds is 7. The second-order valence-electron chi connectivity index (χ2n) is 6.00. The molecule has 0 radical (unpaired) electrons. The molecule has 0 saturated carbocycles. The predicted octanol–water partition coefficient (Wildman–Crippen LogP) is 2.62. The van der Waals surface area contributed by atoms with Crippen LogP contribution in [0.4, 0.5) is 5.95 Å². The highest BCUT2D eigenvalue weighted by Gasteiger charge is 2.14. The van der Waals surface area contributed by atoms with Gasteiger partial charge < -0.3 is 10.2 Å². The van der Waals surface area contributed by atoms with Gasteiger partial charge in [0.2, 0.25) is 5.95 Å². The molecule has 0 aliphatic heterocycles. The van der Waals surface area contributed by atoms with E-state index in [4.69, 9.17) is 0 Å². The standard InChI is InChI=1S/C15H28N4/c1-11(2)9-19(10-12(3)4)15-17-8-14(7-16-6)13(5)18-15/h8,11-12,16H,7,9-10H2,1-6H3. The Balaban J connectivity index is 2.92. The van der Waals surface area contributed by atoms with Crippen LogP contribution in [0.3, 0.4) is 0 Å². The summed E-state index contributed by atoms with van der Waals surface area (Å²) in [5.74, 6) is 2.08. The first kappa shape index (κ1) is 15.9. The van der Waals surface area contributed by atoms with Gasteiger partial charge in [0.1, 0.15) is 0 Å². The third kappa shape index (κ3) is 5.15. The Bertz CT molecular complexity index is 378.